The van der Waals surface area contributed by atoms with Crippen LogP contribution in [-0.4, -0.2) is 10.4 Å². The van der Waals surface area contributed by atoms with E-state index in [-0.39, 0.29) is 5.78 Å². The molecule has 2 nitrogen and oxygen atoms in total. The molecule has 1 heterocycles. The highest BCUT2D eigenvalue weighted by Gasteiger charge is 2.15. The molecule has 0 saturated carbocycles. The lowest BCUT2D eigenvalue weighted by Crippen LogP contribution is -2.03. The van der Waals surface area contributed by atoms with Gasteiger partial charge in [0.25, 0.3) is 0 Å². The highest BCUT2D eigenvalue weighted by Crippen LogP contribution is 2.33. The molecule has 4 heteroatoms. The Morgan fingerprint density at radius 2 is 1.95 bits per heavy atom. The van der Waals surface area contributed by atoms with Gasteiger partial charge in [-0.25, -0.2) is 0 Å². The van der Waals surface area contributed by atoms with E-state index in [1.54, 1.807) is 13.0 Å². The van der Waals surface area contributed by atoms with Gasteiger partial charge in [-0.3, -0.25) is 4.79 Å². The van der Waals surface area contributed by atoms with E-state index in [9.17, 15) is 4.79 Å². The van der Waals surface area contributed by atoms with E-state index >= 15 is 0 Å². The third-order valence-corrected chi connectivity index (χ3v) is 3.69. The van der Waals surface area contributed by atoms with Crippen molar-refractivity contribution >= 4 is 29.0 Å². The number of halogens is 2. The normalized spacial score (nSPS) is 10.8. The number of hydrogen-bond donors (Lipinski definition) is 0. The van der Waals surface area contributed by atoms with Crippen LogP contribution >= 0.6 is 23.2 Å². The van der Waals surface area contributed by atoms with Crippen LogP contribution in [0, 0.1) is 6.92 Å². The van der Waals surface area contributed by atoms with E-state index in [0.717, 1.165) is 22.5 Å². The van der Waals surface area contributed by atoms with Gasteiger partial charge in [0, 0.05) is 29.7 Å². The lowest BCUT2D eigenvalue weighted by molar-refractivity contribution is -0.116. The molecule has 0 fully saturated rings. The molecule has 100 valence electrons. The van der Waals surface area contributed by atoms with Gasteiger partial charge in [-0.2, -0.15) is 0 Å². The number of carbonyl (C=O) groups is 1. The van der Waals surface area contributed by atoms with Crippen LogP contribution in [0.5, 0.6) is 0 Å². The Balaban J connectivity index is 2.56. The quantitative estimate of drug-likeness (QED) is 0.820. The SMILES string of the molecule is CC(=O)Cc1cc(C)c(-c2ccc(Cl)cc2Cl)n1C. The summed E-state index contributed by atoms with van der Waals surface area (Å²) in [6.07, 6.45) is 0.433. The van der Waals surface area contributed by atoms with Crippen LogP contribution in [0.1, 0.15) is 18.2 Å². The zero-order valence-electron chi connectivity index (χ0n) is 11.1. The lowest BCUT2D eigenvalue weighted by Gasteiger charge is -2.10. The van der Waals surface area contributed by atoms with Crippen LogP contribution < -0.4 is 0 Å². The summed E-state index contributed by atoms with van der Waals surface area (Å²) >= 11 is 12.2. The molecule has 2 aromatic rings. The van der Waals surface area contributed by atoms with Gasteiger partial charge in [-0.1, -0.05) is 23.2 Å². The van der Waals surface area contributed by atoms with Crippen LogP contribution in [0.3, 0.4) is 0 Å². The minimum absolute atomic E-state index is 0.148. The van der Waals surface area contributed by atoms with Gasteiger partial charge in [0.15, 0.2) is 0 Å². The first-order valence-corrected chi connectivity index (χ1v) is 6.75. The molecule has 0 unspecified atom stereocenters. The van der Waals surface area contributed by atoms with Crippen molar-refractivity contribution in [1.82, 2.24) is 4.57 Å². The molecule has 2 rings (SSSR count). The van der Waals surface area contributed by atoms with E-state index in [0.29, 0.717) is 16.5 Å². The first kappa shape index (κ1) is 14.2. The van der Waals surface area contributed by atoms with Crippen molar-refractivity contribution in [2.75, 3.05) is 0 Å². The van der Waals surface area contributed by atoms with Gasteiger partial charge in [0.2, 0.25) is 0 Å². The summed E-state index contributed by atoms with van der Waals surface area (Å²) in [7, 11) is 1.95. The van der Waals surface area contributed by atoms with Gasteiger partial charge < -0.3 is 4.57 Å². The van der Waals surface area contributed by atoms with Gasteiger partial charge in [0.05, 0.1) is 10.7 Å². The zero-order chi connectivity index (χ0) is 14.2. The Labute approximate surface area is 123 Å². The predicted octanol–water partition coefficient (Wildman–Crippen LogP) is 4.44. The number of hydrogen-bond acceptors (Lipinski definition) is 1. The van der Waals surface area contributed by atoms with Crippen molar-refractivity contribution < 1.29 is 4.79 Å². The van der Waals surface area contributed by atoms with Crippen LogP contribution in [0.25, 0.3) is 11.3 Å². The van der Waals surface area contributed by atoms with E-state index in [1.165, 1.54) is 0 Å². The maximum absolute atomic E-state index is 11.3. The largest absolute Gasteiger partial charge is 0.347 e. The second-order valence-corrected chi connectivity index (χ2v) is 5.57. The Morgan fingerprint density at radius 3 is 2.53 bits per heavy atom. The zero-order valence-corrected chi connectivity index (χ0v) is 12.6. The molecule has 1 aromatic carbocycles. The van der Waals surface area contributed by atoms with Crippen molar-refractivity contribution in [3.05, 3.63) is 45.6 Å². The predicted molar refractivity (Wildman–Crippen MR) is 80.0 cm³/mol. The van der Waals surface area contributed by atoms with Crippen LogP contribution in [0.4, 0.5) is 0 Å². The lowest BCUT2D eigenvalue weighted by atomic mass is 10.1. The Kier molecular flexibility index (Phi) is 4.02. The summed E-state index contributed by atoms with van der Waals surface area (Å²) in [5, 5.41) is 1.23. The van der Waals surface area contributed by atoms with Gasteiger partial charge in [-0.15, -0.1) is 0 Å². The number of aryl methyl sites for hydroxylation is 1. The third kappa shape index (κ3) is 2.85. The number of carbonyl (C=O) groups excluding carboxylic acids is 1. The highest BCUT2D eigenvalue weighted by molar-refractivity contribution is 6.36. The molecule has 0 saturated heterocycles. The molecular weight excluding hydrogens is 281 g/mol. The maximum Gasteiger partial charge on any atom is 0.135 e. The topological polar surface area (TPSA) is 22.0 Å². The maximum atomic E-state index is 11.3. The molecule has 0 aliphatic carbocycles. The molecule has 0 N–H and O–H groups in total. The molecular formula is C15H15Cl2NO. The first-order valence-electron chi connectivity index (χ1n) is 6.00. The van der Waals surface area contributed by atoms with Crippen LogP contribution in [0.15, 0.2) is 24.3 Å². The standard InChI is InChI=1S/C15H15Cl2NO/c1-9-6-12(7-10(2)19)18(3)15(9)13-5-4-11(16)8-14(13)17/h4-6,8H,7H2,1-3H3. The van der Waals surface area contributed by atoms with E-state index in [1.807, 2.05) is 36.7 Å². The monoisotopic (exact) mass is 295 g/mol. The fraction of sp³-hybridized carbons (Fsp3) is 0.267. The first-order chi connectivity index (χ1) is 8.90. The van der Waals surface area contributed by atoms with Crippen LogP contribution in [-0.2, 0) is 18.3 Å². The Hall–Kier alpha value is -1.25. The van der Waals surface area contributed by atoms with Gasteiger partial charge >= 0.3 is 0 Å². The summed E-state index contributed by atoms with van der Waals surface area (Å²) < 4.78 is 2.02. The molecule has 1 aromatic heterocycles. The van der Waals surface area contributed by atoms with Crippen molar-refractivity contribution in [2.24, 2.45) is 7.05 Å². The number of rotatable bonds is 3. The van der Waals surface area contributed by atoms with Crippen molar-refractivity contribution in [3.8, 4) is 11.3 Å². The molecule has 0 spiro atoms. The second kappa shape index (κ2) is 5.40. The van der Waals surface area contributed by atoms with Gasteiger partial charge in [-0.05, 0) is 43.7 Å². The highest BCUT2D eigenvalue weighted by atomic mass is 35.5. The summed E-state index contributed by atoms with van der Waals surface area (Å²) in [4.78, 5) is 11.3. The number of Topliss-reactive ketones (excluding diaryl/α,β-unsaturated/α-hetero) is 1. The van der Waals surface area contributed by atoms with Crippen LogP contribution in [0.2, 0.25) is 10.0 Å². The minimum atomic E-state index is 0.148. The van der Waals surface area contributed by atoms with Crippen molar-refractivity contribution in [2.45, 2.75) is 20.3 Å². The smallest absolute Gasteiger partial charge is 0.135 e. The third-order valence-electron chi connectivity index (χ3n) is 3.14. The second-order valence-electron chi connectivity index (χ2n) is 4.73. The molecule has 0 radical (unpaired) electrons. The average molecular weight is 296 g/mol. The Morgan fingerprint density at radius 1 is 1.26 bits per heavy atom. The minimum Gasteiger partial charge on any atom is -0.347 e. The number of aromatic nitrogens is 1. The molecule has 0 aliphatic rings. The Bertz CT molecular complexity index is 644. The summed E-state index contributed by atoms with van der Waals surface area (Å²) in [6, 6.07) is 7.49. The summed E-state index contributed by atoms with van der Waals surface area (Å²) in [5.74, 6) is 0.148. The molecule has 0 aliphatic heterocycles. The number of ketones is 1. The van der Waals surface area contributed by atoms with E-state index in [4.69, 9.17) is 23.2 Å². The van der Waals surface area contributed by atoms with Gasteiger partial charge in [0.1, 0.15) is 5.78 Å². The molecule has 0 atom stereocenters. The summed E-state index contributed by atoms with van der Waals surface area (Å²) in [6.45, 7) is 3.61. The fourth-order valence-corrected chi connectivity index (χ4v) is 2.82. The fourth-order valence-electron chi connectivity index (χ4n) is 2.32. The molecule has 19 heavy (non-hydrogen) atoms. The summed E-state index contributed by atoms with van der Waals surface area (Å²) in [5.41, 5.74) is 4.05. The van der Waals surface area contributed by atoms with Crippen molar-refractivity contribution in [1.29, 1.82) is 0 Å². The van der Waals surface area contributed by atoms with Crippen molar-refractivity contribution in [3.63, 3.8) is 0 Å². The average Bonchev–Trinajstić information content (AvgIpc) is 2.55. The molecule has 0 bridgehead atoms. The van der Waals surface area contributed by atoms with E-state index < -0.39 is 0 Å². The number of nitrogens with zero attached hydrogens (tertiary/aromatic N) is 1. The molecule has 0 amide bonds. The number of benzene rings is 1. The van der Waals surface area contributed by atoms with E-state index in [2.05, 4.69) is 0 Å².